The van der Waals surface area contributed by atoms with Crippen molar-refractivity contribution >= 4 is 0 Å². The highest BCUT2D eigenvalue weighted by Gasteiger charge is 2.45. The molecule has 0 heterocycles. The highest BCUT2D eigenvalue weighted by molar-refractivity contribution is 4.94. The first-order valence-electron chi connectivity index (χ1n) is 8.48. The van der Waals surface area contributed by atoms with Crippen molar-refractivity contribution in [1.82, 2.24) is 0 Å². The van der Waals surface area contributed by atoms with Crippen LogP contribution in [0.1, 0.15) is 81.6 Å². The first kappa shape index (κ1) is 17.1. The van der Waals surface area contributed by atoms with Gasteiger partial charge >= 0.3 is 0 Å². The fourth-order valence-corrected chi connectivity index (χ4v) is 4.57. The fraction of sp³-hybridized carbons (Fsp3) is 1.00. The van der Waals surface area contributed by atoms with Crippen LogP contribution in [-0.4, -0.2) is 0 Å². The van der Waals surface area contributed by atoms with Gasteiger partial charge in [0.2, 0.25) is 0 Å². The van der Waals surface area contributed by atoms with Crippen LogP contribution in [0.2, 0.25) is 0 Å². The number of hydrogen-bond donors (Lipinski definition) is 0. The molecule has 0 radical (unpaired) electrons. The summed E-state index contributed by atoms with van der Waals surface area (Å²) < 4.78 is 0. The molecule has 19 heavy (non-hydrogen) atoms. The Balaban J connectivity index is 2.99. The zero-order valence-corrected chi connectivity index (χ0v) is 15.0. The summed E-state index contributed by atoms with van der Waals surface area (Å²) in [5.74, 6) is 4.48. The molecule has 0 aromatic carbocycles. The summed E-state index contributed by atoms with van der Waals surface area (Å²) in [6.45, 7) is 22.1. The van der Waals surface area contributed by atoms with Crippen LogP contribution < -0.4 is 0 Å². The van der Waals surface area contributed by atoms with Crippen molar-refractivity contribution in [3.63, 3.8) is 0 Å². The quantitative estimate of drug-likeness (QED) is 0.542. The molecular formula is C19H38. The summed E-state index contributed by atoms with van der Waals surface area (Å²) >= 11 is 0. The molecule has 0 N–H and O–H groups in total. The van der Waals surface area contributed by atoms with E-state index in [1.54, 1.807) is 0 Å². The minimum atomic E-state index is 0.456. The van der Waals surface area contributed by atoms with Gasteiger partial charge in [-0.05, 0) is 53.3 Å². The maximum Gasteiger partial charge on any atom is -0.0331 e. The molecule has 0 aromatic rings. The Labute approximate surface area is 122 Å². The minimum Gasteiger partial charge on any atom is -0.0651 e. The van der Waals surface area contributed by atoms with Crippen LogP contribution in [0.15, 0.2) is 0 Å². The molecular weight excluding hydrogens is 228 g/mol. The molecule has 0 bridgehead atoms. The number of rotatable bonds is 2. The molecule has 0 saturated heterocycles. The zero-order valence-electron chi connectivity index (χ0n) is 15.0. The molecule has 0 aliphatic heterocycles. The second kappa shape index (κ2) is 5.78. The van der Waals surface area contributed by atoms with E-state index in [9.17, 15) is 0 Å². The topological polar surface area (TPSA) is 0 Å². The third kappa shape index (κ3) is 3.99. The van der Waals surface area contributed by atoms with Gasteiger partial charge in [-0.3, -0.25) is 0 Å². The Bertz CT molecular complexity index is 275. The molecule has 1 aliphatic carbocycles. The van der Waals surface area contributed by atoms with E-state index in [2.05, 4.69) is 62.3 Å². The third-order valence-corrected chi connectivity index (χ3v) is 5.96. The summed E-state index contributed by atoms with van der Waals surface area (Å²) in [4.78, 5) is 0. The lowest BCUT2D eigenvalue weighted by Crippen LogP contribution is -2.43. The lowest BCUT2D eigenvalue weighted by Gasteiger charge is -2.51. The highest BCUT2D eigenvalue weighted by Crippen LogP contribution is 2.53. The van der Waals surface area contributed by atoms with Gasteiger partial charge in [-0.1, -0.05) is 68.7 Å². The van der Waals surface area contributed by atoms with Gasteiger partial charge in [0.25, 0.3) is 0 Å². The van der Waals surface area contributed by atoms with E-state index in [1.165, 1.54) is 19.3 Å². The lowest BCUT2D eigenvalue weighted by molar-refractivity contribution is -0.0214. The van der Waals surface area contributed by atoms with Gasteiger partial charge in [0.1, 0.15) is 0 Å². The maximum absolute atomic E-state index is 2.50. The van der Waals surface area contributed by atoms with Gasteiger partial charge in [-0.15, -0.1) is 0 Å². The second-order valence-electron chi connectivity index (χ2n) is 9.44. The van der Waals surface area contributed by atoms with Crippen molar-refractivity contribution in [1.29, 1.82) is 0 Å². The molecule has 5 unspecified atom stereocenters. The van der Waals surface area contributed by atoms with E-state index < -0.39 is 0 Å². The molecule has 0 nitrogen and oxygen atoms in total. The Hall–Kier alpha value is 0. The van der Waals surface area contributed by atoms with E-state index in [0.29, 0.717) is 10.8 Å². The van der Waals surface area contributed by atoms with Crippen molar-refractivity contribution in [3.8, 4) is 0 Å². The largest absolute Gasteiger partial charge is 0.0651 e. The SMILES string of the molecule is CCC(C)C1CC(C)C(C(C)(C)C)CC1C(C)(C)C. The maximum atomic E-state index is 2.50. The molecule has 5 atom stereocenters. The molecule has 0 aromatic heterocycles. The fourth-order valence-electron chi connectivity index (χ4n) is 4.57. The summed E-state index contributed by atoms with van der Waals surface area (Å²) in [6.07, 6.45) is 4.21. The lowest BCUT2D eigenvalue weighted by atomic mass is 9.54. The van der Waals surface area contributed by atoms with Crippen molar-refractivity contribution in [3.05, 3.63) is 0 Å². The Morgan fingerprint density at radius 1 is 0.895 bits per heavy atom. The first-order chi connectivity index (χ1) is 8.48. The van der Waals surface area contributed by atoms with Crippen molar-refractivity contribution in [2.24, 2.45) is 40.4 Å². The zero-order chi connectivity index (χ0) is 15.0. The molecule has 1 fully saturated rings. The molecule has 0 heteroatoms. The Kier molecular flexibility index (Phi) is 5.19. The van der Waals surface area contributed by atoms with Gasteiger partial charge in [0, 0.05) is 0 Å². The minimum absolute atomic E-state index is 0.456. The van der Waals surface area contributed by atoms with Crippen molar-refractivity contribution in [2.75, 3.05) is 0 Å². The van der Waals surface area contributed by atoms with Crippen LogP contribution in [0.4, 0.5) is 0 Å². The normalized spacial score (nSPS) is 35.2. The van der Waals surface area contributed by atoms with Gasteiger partial charge in [-0.25, -0.2) is 0 Å². The second-order valence-corrected chi connectivity index (χ2v) is 9.44. The van der Waals surface area contributed by atoms with Crippen LogP contribution >= 0.6 is 0 Å². The van der Waals surface area contributed by atoms with Gasteiger partial charge in [0.15, 0.2) is 0 Å². The van der Waals surface area contributed by atoms with Crippen LogP contribution in [0.5, 0.6) is 0 Å². The average molecular weight is 267 g/mol. The smallest absolute Gasteiger partial charge is 0.0331 e. The summed E-state index contributed by atoms with van der Waals surface area (Å²) in [5, 5.41) is 0. The molecule has 1 aliphatic rings. The van der Waals surface area contributed by atoms with Crippen molar-refractivity contribution in [2.45, 2.75) is 81.6 Å². The number of hydrogen-bond acceptors (Lipinski definition) is 0. The Morgan fingerprint density at radius 3 is 1.74 bits per heavy atom. The standard InChI is InChI=1S/C19H38/c1-10-13(2)15-11-14(3)16(18(4,5)6)12-17(15)19(7,8)9/h13-17H,10-12H2,1-9H3. The Morgan fingerprint density at radius 2 is 1.37 bits per heavy atom. The summed E-state index contributed by atoms with van der Waals surface area (Å²) in [6, 6.07) is 0. The predicted octanol–water partition coefficient (Wildman–Crippen LogP) is 6.40. The monoisotopic (exact) mass is 266 g/mol. The van der Waals surface area contributed by atoms with Crippen LogP contribution in [0.3, 0.4) is 0 Å². The van der Waals surface area contributed by atoms with E-state index in [1.807, 2.05) is 0 Å². The van der Waals surface area contributed by atoms with E-state index in [-0.39, 0.29) is 0 Å². The first-order valence-corrected chi connectivity index (χ1v) is 8.48. The average Bonchev–Trinajstić information content (AvgIpc) is 2.24. The van der Waals surface area contributed by atoms with Gasteiger partial charge in [-0.2, -0.15) is 0 Å². The molecule has 1 rings (SSSR count). The molecule has 0 amide bonds. The van der Waals surface area contributed by atoms with Crippen LogP contribution in [-0.2, 0) is 0 Å². The van der Waals surface area contributed by atoms with Gasteiger partial charge < -0.3 is 0 Å². The molecule has 114 valence electrons. The van der Waals surface area contributed by atoms with Gasteiger partial charge in [0.05, 0.1) is 0 Å². The van der Waals surface area contributed by atoms with E-state index in [4.69, 9.17) is 0 Å². The summed E-state index contributed by atoms with van der Waals surface area (Å²) in [7, 11) is 0. The molecule has 1 saturated carbocycles. The van der Waals surface area contributed by atoms with Crippen molar-refractivity contribution < 1.29 is 0 Å². The van der Waals surface area contributed by atoms with E-state index in [0.717, 1.165) is 29.6 Å². The summed E-state index contributed by atoms with van der Waals surface area (Å²) in [5.41, 5.74) is 0.918. The van der Waals surface area contributed by atoms with E-state index >= 15 is 0 Å². The molecule has 0 spiro atoms. The highest BCUT2D eigenvalue weighted by atomic mass is 14.5. The third-order valence-electron chi connectivity index (χ3n) is 5.96. The van der Waals surface area contributed by atoms with Crippen LogP contribution in [0, 0.1) is 40.4 Å². The predicted molar refractivity (Wildman–Crippen MR) is 87.2 cm³/mol. The van der Waals surface area contributed by atoms with Crippen LogP contribution in [0.25, 0.3) is 0 Å².